The second-order valence-corrected chi connectivity index (χ2v) is 14.4. The predicted octanol–water partition coefficient (Wildman–Crippen LogP) is 6.16. The summed E-state index contributed by atoms with van der Waals surface area (Å²) in [7, 11) is 0. The van der Waals surface area contributed by atoms with E-state index in [2.05, 4.69) is 33.0 Å². The van der Waals surface area contributed by atoms with E-state index in [9.17, 15) is 15.0 Å². The van der Waals surface area contributed by atoms with Gasteiger partial charge in [0.25, 0.3) is 0 Å². The van der Waals surface area contributed by atoms with Gasteiger partial charge in [-0.1, -0.05) is 34.1 Å². The maximum absolute atomic E-state index is 12.1. The number of hydrogen-bond acceptors (Lipinski definition) is 4. The van der Waals surface area contributed by atoms with Crippen LogP contribution < -0.4 is 5.32 Å². The Morgan fingerprint density at radius 1 is 1.03 bits per heavy atom. The predicted molar refractivity (Wildman–Crippen MR) is 140 cm³/mol. The van der Waals surface area contributed by atoms with Crippen LogP contribution in [0, 0.1) is 52.3 Å². The Morgan fingerprint density at radius 2 is 1.69 bits per heavy atom. The average Bonchev–Trinajstić information content (AvgIpc) is 3.11. The van der Waals surface area contributed by atoms with Crippen LogP contribution in [0.5, 0.6) is 0 Å². The summed E-state index contributed by atoms with van der Waals surface area (Å²) in [5.41, 5.74) is 0.227. The normalized spacial score (nSPS) is 46.2. The number of aliphatic hydroxyl groups is 2. The molecule has 35 heavy (non-hydrogen) atoms. The quantitative estimate of drug-likeness (QED) is 0.430. The first kappa shape index (κ1) is 27.2. The number of rotatable bonds is 5. The van der Waals surface area contributed by atoms with Gasteiger partial charge in [0.2, 0.25) is 0 Å². The van der Waals surface area contributed by atoms with Crippen LogP contribution in [0.3, 0.4) is 0 Å². The van der Waals surface area contributed by atoms with Crippen LogP contribution in [0.2, 0.25) is 0 Å². The molecule has 4 saturated carbocycles. The van der Waals surface area contributed by atoms with Crippen molar-refractivity contribution in [1.82, 2.24) is 5.32 Å². The Bertz CT molecular complexity index is 764. The maximum Gasteiger partial charge on any atom is 0.407 e. The van der Waals surface area contributed by atoms with Gasteiger partial charge in [-0.2, -0.15) is 0 Å². The lowest BCUT2D eigenvalue weighted by Crippen LogP contribution is -2.62. The van der Waals surface area contributed by atoms with Crippen LogP contribution in [0.1, 0.15) is 106 Å². The number of nitrogens with one attached hydrogen (secondary N) is 1. The topological polar surface area (TPSA) is 78.8 Å². The van der Waals surface area contributed by atoms with E-state index in [1.54, 1.807) is 0 Å². The van der Waals surface area contributed by atoms with Gasteiger partial charge in [0.05, 0.1) is 18.8 Å². The van der Waals surface area contributed by atoms with Gasteiger partial charge >= 0.3 is 6.09 Å². The molecule has 5 nitrogen and oxygen atoms in total. The van der Waals surface area contributed by atoms with Crippen molar-refractivity contribution in [2.45, 2.75) is 124 Å². The maximum atomic E-state index is 12.1. The fourth-order valence-corrected chi connectivity index (χ4v) is 9.81. The van der Waals surface area contributed by atoms with Crippen molar-refractivity contribution in [3.8, 4) is 0 Å². The Balaban J connectivity index is 1.46. The molecule has 3 N–H and O–H groups in total. The molecular weight excluding hydrogens is 438 g/mol. The summed E-state index contributed by atoms with van der Waals surface area (Å²) in [6.07, 6.45) is 8.96. The molecule has 4 aliphatic rings. The molecule has 4 fully saturated rings. The summed E-state index contributed by atoms with van der Waals surface area (Å²) in [4.78, 5) is 12.1. The number of alkyl carbamates (subject to hydrolysis) is 1. The molecule has 4 aliphatic carbocycles. The summed E-state index contributed by atoms with van der Waals surface area (Å²) >= 11 is 0. The highest BCUT2D eigenvalue weighted by molar-refractivity contribution is 5.68. The van der Waals surface area contributed by atoms with Crippen LogP contribution in [0.4, 0.5) is 4.79 Å². The number of aliphatic hydroxyl groups excluding tert-OH is 2. The van der Waals surface area contributed by atoms with Gasteiger partial charge < -0.3 is 20.3 Å². The van der Waals surface area contributed by atoms with Gasteiger partial charge in [-0.15, -0.1) is 0 Å². The lowest BCUT2D eigenvalue weighted by molar-refractivity contribution is -0.203. The monoisotopic (exact) mass is 491 g/mol. The van der Waals surface area contributed by atoms with Gasteiger partial charge in [0, 0.05) is 5.54 Å². The Hall–Kier alpha value is -0.810. The number of amides is 1. The standard InChI is InChI=1S/C30H53NO4/c1-8-20-24-17-19(32)11-14-30(24,7)23-12-15-29(6)21(9-10-22(29)25(23)26(20)33)18(2)13-16-35-27(34)31-28(3,4)5/h18-26,32-33H,8-17H2,1-7H3,(H,31,34)/t18-,19-,20-,21-,22+,23+,24?,25?,26-,29?,30?/m1/s1. The zero-order chi connectivity index (χ0) is 25.8. The average molecular weight is 492 g/mol. The van der Waals surface area contributed by atoms with Crippen LogP contribution in [-0.4, -0.2) is 40.7 Å². The zero-order valence-corrected chi connectivity index (χ0v) is 23.5. The minimum atomic E-state index is -0.322. The molecule has 202 valence electrons. The molecule has 0 saturated heterocycles. The molecule has 0 aromatic heterocycles. The molecule has 4 unspecified atom stereocenters. The van der Waals surface area contributed by atoms with E-state index in [-0.39, 0.29) is 34.7 Å². The molecule has 0 aliphatic heterocycles. The molecule has 0 spiro atoms. The molecule has 0 bridgehead atoms. The van der Waals surface area contributed by atoms with Crippen molar-refractivity contribution in [2.75, 3.05) is 6.61 Å². The van der Waals surface area contributed by atoms with E-state index >= 15 is 0 Å². The third kappa shape index (κ3) is 4.90. The Labute approximate surface area is 214 Å². The van der Waals surface area contributed by atoms with Gasteiger partial charge in [0.1, 0.15) is 0 Å². The third-order valence-electron chi connectivity index (χ3n) is 11.4. The van der Waals surface area contributed by atoms with E-state index < -0.39 is 0 Å². The highest BCUT2D eigenvalue weighted by atomic mass is 16.5. The van der Waals surface area contributed by atoms with Crippen molar-refractivity contribution < 1.29 is 19.7 Å². The number of hydrogen-bond donors (Lipinski definition) is 3. The number of carbonyl (C=O) groups excluding carboxylic acids is 1. The fourth-order valence-electron chi connectivity index (χ4n) is 9.81. The molecule has 11 atom stereocenters. The number of fused-ring (bicyclic) bond motifs is 5. The smallest absolute Gasteiger partial charge is 0.407 e. The van der Waals surface area contributed by atoms with E-state index in [4.69, 9.17) is 4.74 Å². The van der Waals surface area contributed by atoms with E-state index in [0.717, 1.165) is 32.1 Å². The van der Waals surface area contributed by atoms with Crippen molar-refractivity contribution in [2.24, 2.45) is 52.3 Å². The summed E-state index contributed by atoms with van der Waals surface area (Å²) in [5, 5.41) is 25.2. The second-order valence-electron chi connectivity index (χ2n) is 14.4. The summed E-state index contributed by atoms with van der Waals surface area (Å²) < 4.78 is 5.52. The molecule has 0 aromatic rings. The van der Waals surface area contributed by atoms with Crippen LogP contribution in [0.25, 0.3) is 0 Å². The fraction of sp³-hybridized carbons (Fsp3) is 0.967. The third-order valence-corrected chi connectivity index (χ3v) is 11.4. The van der Waals surface area contributed by atoms with Crippen LogP contribution >= 0.6 is 0 Å². The first-order valence-electron chi connectivity index (χ1n) is 14.6. The molecule has 1 amide bonds. The van der Waals surface area contributed by atoms with Gasteiger partial charge in [-0.25, -0.2) is 4.79 Å². The lowest BCUT2D eigenvalue weighted by atomic mass is 9.41. The summed E-state index contributed by atoms with van der Waals surface area (Å²) in [6.45, 7) is 16.0. The van der Waals surface area contributed by atoms with Crippen LogP contribution in [0.15, 0.2) is 0 Å². The summed E-state index contributed by atoms with van der Waals surface area (Å²) in [6, 6.07) is 0. The van der Waals surface area contributed by atoms with E-state index in [1.807, 2.05) is 20.8 Å². The van der Waals surface area contributed by atoms with E-state index in [0.29, 0.717) is 48.0 Å². The number of ether oxygens (including phenoxy) is 1. The minimum Gasteiger partial charge on any atom is -0.450 e. The van der Waals surface area contributed by atoms with Gasteiger partial charge in [0.15, 0.2) is 0 Å². The van der Waals surface area contributed by atoms with E-state index in [1.165, 1.54) is 25.7 Å². The largest absolute Gasteiger partial charge is 0.450 e. The van der Waals surface area contributed by atoms with Crippen molar-refractivity contribution >= 4 is 6.09 Å². The molecule has 0 aromatic carbocycles. The van der Waals surface area contributed by atoms with Crippen LogP contribution in [-0.2, 0) is 4.74 Å². The minimum absolute atomic E-state index is 0.191. The van der Waals surface area contributed by atoms with Crippen molar-refractivity contribution in [3.63, 3.8) is 0 Å². The van der Waals surface area contributed by atoms with Gasteiger partial charge in [-0.05, 0) is 124 Å². The second kappa shape index (κ2) is 9.82. The molecular formula is C30H53NO4. The molecule has 0 radical (unpaired) electrons. The first-order chi connectivity index (χ1) is 16.3. The molecule has 4 rings (SSSR count). The van der Waals surface area contributed by atoms with Crippen molar-refractivity contribution in [3.05, 3.63) is 0 Å². The molecule has 0 heterocycles. The lowest BCUT2D eigenvalue weighted by Gasteiger charge is -2.64. The first-order valence-corrected chi connectivity index (χ1v) is 14.6. The highest BCUT2D eigenvalue weighted by Gasteiger charge is 2.64. The number of carbonyl (C=O) groups is 1. The Morgan fingerprint density at radius 3 is 2.34 bits per heavy atom. The summed E-state index contributed by atoms with van der Waals surface area (Å²) in [5.74, 6) is 3.42. The zero-order valence-electron chi connectivity index (χ0n) is 23.5. The highest BCUT2D eigenvalue weighted by Crippen LogP contribution is 2.69. The Kier molecular flexibility index (Phi) is 7.64. The van der Waals surface area contributed by atoms with Gasteiger partial charge in [-0.3, -0.25) is 0 Å². The molecule has 5 heteroatoms. The van der Waals surface area contributed by atoms with Crippen molar-refractivity contribution in [1.29, 1.82) is 0 Å². The SMILES string of the molecule is CC[C@@H]1C2C[C@H](O)CCC2(C)[C@H]2CCC3(C)[C@@H]([C@H](C)CCOC(=O)NC(C)(C)C)CC[C@H]3C2[C@@H]1O.